The molecule has 1 aromatic carbocycles. The molecule has 4 nitrogen and oxygen atoms in total. The summed E-state index contributed by atoms with van der Waals surface area (Å²) in [5.41, 5.74) is -0.0197. The zero-order chi connectivity index (χ0) is 18.3. The van der Waals surface area contributed by atoms with Crippen LogP contribution < -0.4 is 4.74 Å². The summed E-state index contributed by atoms with van der Waals surface area (Å²) in [4.78, 5) is 11.8. The Bertz CT molecular complexity index is 594. The average molecular weight is 346 g/mol. The molecule has 1 N–H and O–H groups in total. The van der Waals surface area contributed by atoms with Crippen LogP contribution in [0.1, 0.15) is 32.8 Å². The van der Waals surface area contributed by atoms with Crippen molar-refractivity contribution < 1.29 is 32.5 Å². The quantitative estimate of drug-likeness (QED) is 0.604. The van der Waals surface area contributed by atoms with Crippen LogP contribution in [0.2, 0.25) is 0 Å². The van der Waals surface area contributed by atoms with Gasteiger partial charge in [-0.3, -0.25) is 0 Å². The van der Waals surface area contributed by atoms with E-state index in [1.807, 2.05) is 0 Å². The van der Waals surface area contributed by atoms with Gasteiger partial charge in [0.15, 0.2) is 0 Å². The van der Waals surface area contributed by atoms with Crippen molar-refractivity contribution in [2.45, 2.75) is 39.5 Å². The Hall–Kier alpha value is -2.02. The number of hydrogen-bond donors (Lipinski definition) is 1. The summed E-state index contributed by atoms with van der Waals surface area (Å²) in [6.45, 7) is 4.82. The van der Waals surface area contributed by atoms with Gasteiger partial charge in [0.25, 0.3) is 0 Å². The fraction of sp³-hybridized carbons (Fsp3) is 0.471. The molecule has 0 saturated carbocycles. The van der Waals surface area contributed by atoms with E-state index in [-0.39, 0.29) is 25.4 Å². The summed E-state index contributed by atoms with van der Waals surface area (Å²) < 4.78 is 48.8. The van der Waals surface area contributed by atoms with E-state index in [0.717, 1.165) is 12.1 Å². The molecule has 134 valence electrons. The SMILES string of the molecule is CCOC(=O)/C(C)=C(/C)[C@H](CCO)Oc1cccc(C(F)(F)F)c1. The lowest BCUT2D eigenvalue weighted by Gasteiger charge is -2.21. The van der Waals surface area contributed by atoms with Gasteiger partial charge in [-0.1, -0.05) is 6.07 Å². The van der Waals surface area contributed by atoms with Crippen LogP contribution in [0.5, 0.6) is 5.75 Å². The highest BCUT2D eigenvalue weighted by molar-refractivity contribution is 5.88. The summed E-state index contributed by atoms with van der Waals surface area (Å²) in [5.74, 6) is -0.509. The fourth-order valence-electron chi connectivity index (χ4n) is 2.03. The minimum atomic E-state index is -4.47. The predicted molar refractivity (Wildman–Crippen MR) is 82.6 cm³/mol. The molecule has 0 radical (unpaired) electrons. The highest BCUT2D eigenvalue weighted by Gasteiger charge is 2.31. The maximum atomic E-state index is 12.8. The van der Waals surface area contributed by atoms with Gasteiger partial charge < -0.3 is 14.6 Å². The second-order valence-corrected chi connectivity index (χ2v) is 5.17. The number of alkyl halides is 3. The van der Waals surface area contributed by atoms with Crippen LogP contribution in [-0.2, 0) is 15.7 Å². The smallest absolute Gasteiger partial charge is 0.416 e. The van der Waals surface area contributed by atoms with Gasteiger partial charge in [0, 0.05) is 18.6 Å². The Morgan fingerprint density at radius 3 is 2.50 bits per heavy atom. The fourth-order valence-corrected chi connectivity index (χ4v) is 2.03. The molecular weight excluding hydrogens is 325 g/mol. The summed E-state index contributed by atoms with van der Waals surface area (Å²) in [5, 5.41) is 9.17. The molecule has 0 fully saturated rings. The van der Waals surface area contributed by atoms with E-state index >= 15 is 0 Å². The lowest BCUT2D eigenvalue weighted by Crippen LogP contribution is -2.23. The van der Waals surface area contributed by atoms with Crippen LogP contribution in [0.4, 0.5) is 13.2 Å². The maximum Gasteiger partial charge on any atom is 0.416 e. The second-order valence-electron chi connectivity index (χ2n) is 5.17. The largest absolute Gasteiger partial charge is 0.486 e. The molecular formula is C17H21F3O4. The zero-order valence-electron chi connectivity index (χ0n) is 13.8. The maximum absolute atomic E-state index is 12.8. The molecule has 0 heterocycles. The lowest BCUT2D eigenvalue weighted by molar-refractivity contribution is -0.139. The molecule has 7 heteroatoms. The van der Waals surface area contributed by atoms with Gasteiger partial charge >= 0.3 is 12.1 Å². The predicted octanol–water partition coefficient (Wildman–Crippen LogP) is 3.73. The number of carbonyl (C=O) groups excluding carboxylic acids is 1. The molecule has 0 aliphatic heterocycles. The van der Waals surface area contributed by atoms with E-state index in [4.69, 9.17) is 9.47 Å². The minimum absolute atomic E-state index is 0.0132. The first kappa shape index (κ1) is 20.0. The van der Waals surface area contributed by atoms with Crippen LogP contribution in [0.25, 0.3) is 0 Å². The van der Waals surface area contributed by atoms with Crippen molar-refractivity contribution in [1.82, 2.24) is 0 Å². The van der Waals surface area contributed by atoms with E-state index in [9.17, 15) is 23.1 Å². The van der Waals surface area contributed by atoms with E-state index in [1.165, 1.54) is 12.1 Å². The molecule has 1 rings (SSSR count). The summed E-state index contributed by atoms with van der Waals surface area (Å²) >= 11 is 0. The van der Waals surface area contributed by atoms with E-state index in [0.29, 0.717) is 11.1 Å². The van der Waals surface area contributed by atoms with Gasteiger partial charge in [0.05, 0.1) is 12.2 Å². The van der Waals surface area contributed by atoms with E-state index < -0.39 is 23.8 Å². The first-order chi connectivity index (χ1) is 11.2. The summed E-state index contributed by atoms with van der Waals surface area (Å²) in [6.07, 6.45) is -5.07. The lowest BCUT2D eigenvalue weighted by atomic mass is 10.0. The van der Waals surface area contributed by atoms with Gasteiger partial charge in [-0.25, -0.2) is 4.79 Å². The van der Waals surface area contributed by atoms with Gasteiger partial charge in [-0.2, -0.15) is 13.2 Å². The van der Waals surface area contributed by atoms with Gasteiger partial charge in [-0.05, 0) is 44.5 Å². The van der Waals surface area contributed by atoms with Crippen molar-refractivity contribution in [3.63, 3.8) is 0 Å². The molecule has 1 atom stereocenters. The van der Waals surface area contributed by atoms with Crippen LogP contribution in [0.3, 0.4) is 0 Å². The van der Waals surface area contributed by atoms with Gasteiger partial charge in [-0.15, -0.1) is 0 Å². The average Bonchev–Trinajstić information content (AvgIpc) is 2.52. The monoisotopic (exact) mass is 346 g/mol. The number of halogens is 3. The van der Waals surface area contributed by atoms with Crippen LogP contribution in [-0.4, -0.2) is 30.4 Å². The molecule has 0 saturated heterocycles. The first-order valence-electron chi connectivity index (χ1n) is 7.50. The van der Waals surface area contributed by atoms with E-state index in [2.05, 4.69) is 0 Å². The highest BCUT2D eigenvalue weighted by Crippen LogP contribution is 2.32. The zero-order valence-corrected chi connectivity index (χ0v) is 13.8. The Morgan fingerprint density at radius 2 is 1.96 bits per heavy atom. The van der Waals surface area contributed by atoms with Crippen LogP contribution in [0.15, 0.2) is 35.4 Å². The number of aliphatic hydroxyl groups is 1. The van der Waals surface area contributed by atoms with Crippen LogP contribution >= 0.6 is 0 Å². The third-order valence-electron chi connectivity index (χ3n) is 3.49. The minimum Gasteiger partial charge on any atom is -0.486 e. The topological polar surface area (TPSA) is 55.8 Å². The van der Waals surface area contributed by atoms with Crippen molar-refractivity contribution in [2.24, 2.45) is 0 Å². The Labute approximate surface area is 138 Å². The Morgan fingerprint density at radius 1 is 1.29 bits per heavy atom. The Kier molecular flexibility index (Phi) is 7.28. The van der Waals surface area contributed by atoms with E-state index in [1.54, 1.807) is 20.8 Å². The summed E-state index contributed by atoms with van der Waals surface area (Å²) in [7, 11) is 0. The molecule has 0 bridgehead atoms. The third-order valence-corrected chi connectivity index (χ3v) is 3.49. The number of aliphatic hydroxyl groups excluding tert-OH is 1. The van der Waals surface area contributed by atoms with Crippen molar-refractivity contribution in [3.05, 3.63) is 41.0 Å². The number of hydrogen-bond acceptors (Lipinski definition) is 4. The Balaban J connectivity index is 3.06. The standard InChI is InChI=1S/C17H21F3O4/c1-4-23-16(22)12(3)11(2)15(8-9-21)24-14-7-5-6-13(10-14)17(18,19)20/h5-7,10,15,21H,4,8-9H2,1-3H3/b12-11-/t15-/m0/s1. The van der Waals surface area contributed by atoms with Crippen molar-refractivity contribution in [2.75, 3.05) is 13.2 Å². The normalized spacial score (nSPS) is 14.0. The van der Waals surface area contributed by atoms with Crippen molar-refractivity contribution in [1.29, 1.82) is 0 Å². The van der Waals surface area contributed by atoms with Crippen molar-refractivity contribution >= 4 is 5.97 Å². The molecule has 0 aromatic heterocycles. The molecule has 0 spiro atoms. The molecule has 0 amide bonds. The molecule has 24 heavy (non-hydrogen) atoms. The van der Waals surface area contributed by atoms with Crippen LogP contribution in [0, 0.1) is 0 Å². The molecule has 0 aliphatic rings. The molecule has 1 aromatic rings. The number of esters is 1. The number of rotatable bonds is 7. The second kappa shape index (κ2) is 8.73. The van der Waals surface area contributed by atoms with Gasteiger partial charge in [0.1, 0.15) is 11.9 Å². The number of ether oxygens (including phenoxy) is 2. The summed E-state index contributed by atoms with van der Waals surface area (Å²) in [6, 6.07) is 4.47. The highest BCUT2D eigenvalue weighted by atomic mass is 19.4. The number of benzene rings is 1. The first-order valence-corrected chi connectivity index (χ1v) is 7.50. The third kappa shape index (κ3) is 5.56. The van der Waals surface area contributed by atoms with Gasteiger partial charge in [0.2, 0.25) is 0 Å². The van der Waals surface area contributed by atoms with Crippen molar-refractivity contribution in [3.8, 4) is 5.75 Å². The number of carbonyl (C=O) groups is 1. The molecule has 0 aliphatic carbocycles. The molecule has 0 unspecified atom stereocenters.